The highest BCUT2D eigenvalue weighted by Gasteiger charge is 2.08. The van der Waals surface area contributed by atoms with Crippen molar-refractivity contribution < 1.29 is 4.79 Å². The Morgan fingerprint density at radius 1 is 1.28 bits per heavy atom. The number of hydrogen-bond donors (Lipinski definition) is 2. The number of nitrogens with two attached hydrogens (primary N) is 1. The van der Waals surface area contributed by atoms with Crippen LogP contribution in [-0.2, 0) is 0 Å². The van der Waals surface area contributed by atoms with E-state index in [-0.39, 0.29) is 5.78 Å². The van der Waals surface area contributed by atoms with E-state index in [1.807, 2.05) is 12.1 Å². The van der Waals surface area contributed by atoms with Crippen LogP contribution in [0.4, 0.5) is 11.4 Å². The summed E-state index contributed by atoms with van der Waals surface area (Å²) in [5, 5.41) is 3.41. The van der Waals surface area contributed by atoms with Crippen molar-refractivity contribution in [2.75, 3.05) is 11.1 Å². The Morgan fingerprint density at radius 2 is 1.94 bits per heavy atom. The van der Waals surface area contributed by atoms with Gasteiger partial charge in [0.1, 0.15) is 0 Å². The van der Waals surface area contributed by atoms with Gasteiger partial charge in [-0.15, -0.1) is 0 Å². The van der Waals surface area contributed by atoms with Crippen LogP contribution in [0.25, 0.3) is 0 Å². The second-order valence-corrected chi connectivity index (χ2v) is 5.37. The van der Waals surface area contributed by atoms with Crippen molar-refractivity contribution in [3.8, 4) is 0 Å². The summed E-state index contributed by atoms with van der Waals surface area (Å²) in [7, 11) is 0. The molecule has 0 aromatic heterocycles. The maximum atomic E-state index is 11.4. The lowest BCUT2D eigenvalue weighted by Gasteiger charge is -2.17. The smallest absolute Gasteiger partial charge is 0.161 e. The molecular formula is C15H24N2O. The highest BCUT2D eigenvalue weighted by Crippen LogP contribution is 2.20. The quantitative estimate of drug-likeness (QED) is 0.596. The standard InChI is InChI=1S/C15H24N2O/c1-10(2)5-6-11(3)17-13-7-8-15(16)14(9-13)12(4)18/h7-11,17H,5-6,16H2,1-4H3. The van der Waals surface area contributed by atoms with Crippen molar-refractivity contribution in [2.24, 2.45) is 5.92 Å². The van der Waals surface area contributed by atoms with E-state index in [1.165, 1.54) is 13.3 Å². The van der Waals surface area contributed by atoms with Gasteiger partial charge >= 0.3 is 0 Å². The number of carbonyl (C=O) groups excluding carboxylic acids is 1. The SMILES string of the molecule is CC(=O)c1cc(NC(C)CCC(C)C)ccc1N. The molecule has 0 spiro atoms. The normalized spacial score (nSPS) is 12.5. The number of anilines is 2. The molecular weight excluding hydrogens is 224 g/mol. The Hall–Kier alpha value is -1.51. The molecule has 1 rings (SSSR count). The molecule has 18 heavy (non-hydrogen) atoms. The summed E-state index contributed by atoms with van der Waals surface area (Å²) in [6, 6.07) is 5.95. The third kappa shape index (κ3) is 4.40. The molecule has 0 fully saturated rings. The molecule has 0 saturated heterocycles. The predicted molar refractivity (Wildman–Crippen MR) is 78.0 cm³/mol. The van der Waals surface area contributed by atoms with Crippen LogP contribution in [0, 0.1) is 5.92 Å². The van der Waals surface area contributed by atoms with Crippen molar-refractivity contribution >= 4 is 17.2 Å². The zero-order valence-electron chi connectivity index (χ0n) is 11.8. The summed E-state index contributed by atoms with van der Waals surface area (Å²) in [4.78, 5) is 11.4. The van der Waals surface area contributed by atoms with Crippen LogP contribution in [0.5, 0.6) is 0 Å². The molecule has 1 atom stereocenters. The number of ketones is 1. The van der Waals surface area contributed by atoms with Crippen molar-refractivity contribution in [1.82, 2.24) is 0 Å². The van der Waals surface area contributed by atoms with Gasteiger partial charge in [-0.2, -0.15) is 0 Å². The van der Waals surface area contributed by atoms with E-state index in [0.29, 0.717) is 23.2 Å². The summed E-state index contributed by atoms with van der Waals surface area (Å²) in [6.07, 6.45) is 2.32. The average Bonchev–Trinajstić information content (AvgIpc) is 2.28. The summed E-state index contributed by atoms with van der Waals surface area (Å²) >= 11 is 0. The molecule has 3 nitrogen and oxygen atoms in total. The van der Waals surface area contributed by atoms with Gasteiger partial charge in [-0.05, 0) is 50.8 Å². The number of benzene rings is 1. The van der Waals surface area contributed by atoms with Gasteiger partial charge in [-0.3, -0.25) is 4.79 Å². The van der Waals surface area contributed by atoms with Crippen LogP contribution in [0.1, 0.15) is 50.9 Å². The molecule has 0 aliphatic carbocycles. The number of Topliss-reactive ketones (excluding diaryl/α,β-unsaturated/α-hetero) is 1. The molecule has 100 valence electrons. The average molecular weight is 248 g/mol. The monoisotopic (exact) mass is 248 g/mol. The molecule has 0 bridgehead atoms. The Morgan fingerprint density at radius 3 is 2.50 bits per heavy atom. The maximum absolute atomic E-state index is 11.4. The van der Waals surface area contributed by atoms with E-state index in [9.17, 15) is 4.79 Å². The first-order valence-corrected chi connectivity index (χ1v) is 6.57. The summed E-state index contributed by atoms with van der Waals surface area (Å²) < 4.78 is 0. The van der Waals surface area contributed by atoms with Crippen molar-refractivity contribution in [3.63, 3.8) is 0 Å². The first-order valence-electron chi connectivity index (χ1n) is 6.57. The third-order valence-corrected chi connectivity index (χ3v) is 3.02. The van der Waals surface area contributed by atoms with Crippen LogP contribution in [0.2, 0.25) is 0 Å². The van der Waals surface area contributed by atoms with Crippen LogP contribution in [0.3, 0.4) is 0 Å². The fraction of sp³-hybridized carbons (Fsp3) is 0.533. The maximum Gasteiger partial charge on any atom is 0.161 e. The molecule has 1 unspecified atom stereocenters. The van der Waals surface area contributed by atoms with Gasteiger partial charge in [0.2, 0.25) is 0 Å². The molecule has 0 aliphatic rings. The Balaban J connectivity index is 2.67. The van der Waals surface area contributed by atoms with Gasteiger partial charge in [0.25, 0.3) is 0 Å². The minimum Gasteiger partial charge on any atom is -0.398 e. The fourth-order valence-electron chi connectivity index (χ4n) is 1.89. The van der Waals surface area contributed by atoms with E-state index < -0.39 is 0 Å². The second kappa shape index (κ2) is 6.43. The van der Waals surface area contributed by atoms with E-state index in [1.54, 1.807) is 6.07 Å². The Kier molecular flexibility index (Phi) is 5.20. The first kappa shape index (κ1) is 14.6. The lowest BCUT2D eigenvalue weighted by molar-refractivity contribution is 0.101. The van der Waals surface area contributed by atoms with Gasteiger partial charge in [-0.25, -0.2) is 0 Å². The summed E-state index contributed by atoms with van der Waals surface area (Å²) in [5.74, 6) is 0.722. The highest BCUT2D eigenvalue weighted by molar-refractivity contribution is 6.00. The fourth-order valence-corrected chi connectivity index (χ4v) is 1.89. The van der Waals surface area contributed by atoms with Crippen molar-refractivity contribution in [1.29, 1.82) is 0 Å². The number of carbonyl (C=O) groups is 1. The summed E-state index contributed by atoms with van der Waals surface area (Å²) in [6.45, 7) is 8.15. The predicted octanol–water partition coefficient (Wildman–Crippen LogP) is 3.71. The lowest BCUT2D eigenvalue weighted by Crippen LogP contribution is -2.16. The minimum atomic E-state index is 0.00554. The molecule has 1 aromatic carbocycles. The van der Waals surface area contributed by atoms with E-state index >= 15 is 0 Å². The van der Waals surface area contributed by atoms with Crippen LogP contribution in [-0.4, -0.2) is 11.8 Å². The molecule has 0 amide bonds. The number of nitrogens with one attached hydrogen (secondary N) is 1. The second-order valence-electron chi connectivity index (χ2n) is 5.37. The largest absolute Gasteiger partial charge is 0.398 e. The molecule has 0 aliphatic heterocycles. The van der Waals surface area contributed by atoms with Crippen LogP contribution in [0.15, 0.2) is 18.2 Å². The molecule has 3 N–H and O–H groups in total. The van der Waals surface area contributed by atoms with Gasteiger partial charge in [0, 0.05) is 23.0 Å². The van der Waals surface area contributed by atoms with Crippen LogP contribution >= 0.6 is 0 Å². The lowest BCUT2D eigenvalue weighted by atomic mass is 10.0. The van der Waals surface area contributed by atoms with E-state index in [2.05, 4.69) is 26.1 Å². The van der Waals surface area contributed by atoms with Crippen molar-refractivity contribution in [2.45, 2.75) is 46.6 Å². The molecule has 0 saturated carbocycles. The topological polar surface area (TPSA) is 55.1 Å². The zero-order valence-corrected chi connectivity index (χ0v) is 11.8. The number of nitrogen functional groups attached to an aromatic ring is 1. The molecule has 1 aromatic rings. The summed E-state index contributed by atoms with van der Waals surface area (Å²) in [5.41, 5.74) is 7.87. The molecule has 0 heterocycles. The van der Waals surface area contributed by atoms with E-state index in [0.717, 1.165) is 12.1 Å². The third-order valence-electron chi connectivity index (χ3n) is 3.02. The van der Waals surface area contributed by atoms with Gasteiger partial charge < -0.3 is 11.1 Å². The Bertz CT molecular complexity index is 413. The Labute approximate surface area is 110 Å². The number of rotatable bonds is 6. The van der Waals surface area contributed by atoms with Gasteiger partial charge in [-0.1, -0.05) is 13.8 Å². The molecule has 3 heteroatoms. The first-order chi connectivity index (χ1) is 8.40. The zero-order chi connectivity index (χ0) is 13.7. The van der Waals surface area contributed by atoms with E-state index in [4.69, 9.17) is 5.73 Å². The highest BCUT2D eigenvalue weighted by atomic mass is 16.1. The van der Waals surface area contributed by atoms with Gasteiger partial charge in [0.15, 0.2) is 5.78 Å². The molecule has 0 radical (unpaired) electrons. The van der Waals surface area contributed by atoms with Crippen LogP contribution < -0.4 is 11.1 Å². The number of hydrogen-bond acceptors (Lipinski definition) is 3. The van der Waals surface area contributed by atoms with Gasteiger partial charge in [0.05, 0.1) is 0 Å². The van der Waals surface area contributed by atoms with Crippen molar-refractivity contribution in [3.05, 3.63) is 23.8 Å². The minimum absolute atomic E-state index is 0.00554.